The van der Waals surface area contributed by atoms with Crippen LogP contribution in [0.25, 0.3) is 0 Å². The lowest BCUT2D eigenvalue weighted by molar-refractivity contribution is 0.391. The minimum atomic E-state index is 0.613. The van der Waals surface area contributed by atoms with Crippen molar-refractivity contribution in [2.75, 3.05) is 25.1 Å². The van der Waals surface area contributed by atoms with Crippen molar-refractivity contribution in [1.82, 2.24) is 10.3 Å². The van der Waals surface area contributed by atoms with Gasteiger partial charge in [0.05, 0.1) is 19.0 Å². The van der Waals surface area contributed by atoms with Crippen molar-refractivity contribution in [3.8, 4) is 5.75 Å². The molecule has 1 aliphatic carbocycles. The van der Waals surface area contributed by atoms with Crippen molar-refractivity contribution in [1.29, 1.82) is 0 Å². The number of aromatic nitrogens is 1. The minimum Gasteiger partial charge on any atom is -0.493 e. The van der Waals surface area contributed by atoms with Crippen LogP contribution in [0.15, 0.2) is 12.3 Å². The summed E-state index contributed by atoms with van der Waals surface area (Å²) in [5.74, 6) is 0.901. The lowest BCUT2D eigenvalue weighted by Crippen LogP contribution is -2.44. The Morgan fingerprint density at radius 2 is 2.20 bits per heavy atom. The summed E-state index contributed by atoms with van der Waals surface area (Å²) in [4.78, 5) is 6.89. The summed E-state index contributed by atoms with van der Waals surface area (Å²) in [6.07, 6.45) is 8.42. The summed E-state index contributed by atoms with van der Waals surface area (Å²) in [6, 6.07) is 3.47. The topological polar surface area (TPSA) is 37.4 Å². The van der Waals surface area contributed by atoms with Crippen molar-refractivity contribution in [3.63, 3.8) is 0 Å². The molecule has 0 aromatic carbocycles. The monoisotopic (exact) mass is 275 g/mol. The van der Waals surface area contributed by atoms with E-state index in [-0.39, 0.29) is 0 Å². The summed E-state index contributed by atoms with van der Waals surface area (Å²) in [5.41, 5.74) is 2.28. The number of hydrogen-bond acceptors (Lipinski definition) is 4. The van der Waals surface area contributed by atoms with Gasteiger partial charge in [0.2, 0.25) is 0 Å². The average Bonchev–Trinajstić information content (AvgIpc) is 3.30. The predicted octanol–water partition coefficient (Wildman–Crippen LogP) is 2.51. The van der Waals surface area contributed by atoms with Crippen molar-refractivity contribution < 1.29 is 4.74 Å². The van der Waals surface area contributed by atoms with E-state index in [9.17, 15) is 0 Å². The van der Waals surface area contributed by atoms with Gasteiger partial charge in [0.15, 0.2) is 5.75 Å². The Morgan fingerprint density at radius 3 is 2.85 bits per heavy atom. The van der Waals surface area contributed by atoms with Gasteiger partial charge < -0.3 is 15.0 Å². The second-order valence-corrected chi connectivity index (χ2v) is 6.03. The van der Waals surface area contributed by atoms with Crippen molar-refractivity contribution in [2.45, 2.75) is 51.1 Å². The zero-order chi connectivity index (χ0) is 13.9. The zero-order valence-electron chi connectivity index (χ0n) is 12.6. The Hall–Kier alpha value is -1.29. The van der Waals surface area contributed by atoms with Crippen LogP contribution in [0.4, 0.5) is 5.69 Å². The molecule has 2 aliphatic rings. The fourth-order valence-electron chi connectivity index (χ4n) is 3.06. The van der Waals surface area contributed by atoms with E-state index in [0.29, 0.717) is 12.1 Å². The molecule has 1 saturated carbocycles. The summed E-state index contributed by atoms with van der Waals surface area (Å²) in [5, 5.41) is 3.66. The van der Waals surface area contributed by atoms with Crippen LogP contribution in [0.3, 0.4) is 0 Å². The highest BCUT2D eigenvalue weighted by Crippen LogP contribution is 2.37. The summed E-state index contributed by atoms with van der Waals surface area (Å²) in [6.45, 7) is 4.30. The number of nitrogens with zero attached hydrogens (tertiary/aromatic N) is 2. The molecule has 3 rings (SSSR count). The van der Waals surface area contributed by atoms with Gasteiger partial charge in [-0.2, -0.15) is 0 Å². The van der Waals surface area contributed by atoms with Gasteiger partial charge in [0.1, 0.15) is 0 Å². The van der Waals surface area contributed by atoms with Gasteiger partial charge in [0, 0.05) is 24.3 Å². The van der Waals surface area contributed by atoms with Crippen LogP contribution in [0.1, 0.15) is 37.8 Å². The molecule has 0 spiro atoms. The summed E-state index contributed by atoms with van der Waals surface area (Å²) >= 11 is 0. The number of methoxy groups -OCH3 is 1. The van der Waals surface area contributed by atoms with E-state index < -0.39 is 0 Å². The third kappa shape index (κ3) is 3.06. The molecule has 1 aromatic rings. The van der Waals surface area contributed by atoms with Crippen LogP contribution < -0.4 is 15.0 Å². The lowest BCUT2D eigenvalue weighted by atomic mass is 10.0. The molecule has 4 heteroatoms. The van der Waals surface area contributed by atoms with Crippen LogP contribution >= 0.6 is 0 Å². The minimum absolute atomic E-state index is 0.613. The van der Waals surface area contributed by atoms with E-state index in [0.717, 1.165) is 24.5 Å². The van der Waals surface area contributed by atoms with Gasteiger partial charge in [-0.05, 0) is 45.2 Å². The molecule has 2 fully saturated rings. The first-order valence-electron chi connectivity index (χ1n) is 7.78. The van der Waals surface area contributed by atoms with Crippen LogP contribution in [0.2, 0.25) is 0 Å². The van der Waals surface area contributed by atoms with Crippen molar-refractivity contribution in [2.24, 2.45) is 0 Å². The van der Waals surface area contributed by atoms with Gasteiger partial charge in [-0.15, -0.1) is 0 Å². The largest absolute Gasteiger partial charge is 0.493 e. The molecule has 110 valence electrons. The van der Waals surface area contributed by atoms with Crippen LogP contribution in [-0.4, -0.2) is 37.3 Å². The number of hydrogen-bond donors (Lipinski definition) is 1. The molecule has 1 saturated heterocycles. The first kappa shape index (κ1) is 13.7. The maximum absolute atomic E-state index is 5.52. The van der Waals surface area contributed by atoms with E-state index in [1.54, 1.807) is 7.11 Å². The molecule has 2 heterocycles. The Labute approximate surface area is 121 Å². The second kappa shape index (κ2) is 6.00. The number of nitrogens with one attached hydrogen (secondary N) is 1. The van der Waals surface area contributed by atoms with E-state index in [1.807, 2.05) is 13.1 Å². The Balaban J connectivity index is 1.80. The molecule has 1 aromatic heterocycles. The normalized spacial score (nSPS) is 22.6. The molecule has 20 heavy (non-hydrogen) atoms. The highest BCUT2D eigenvalue weighted by atomic mass is 16.5. The predicted molar refractivity (Wildman–Crippen MR) is 81.5 cm³/mol. The molecule has 1 N–H and O–H groups in total. The Bertz CT molecular complexity index is 453. The molecule has 1 atom stereocenters. The standard InChI is InChI=1S/C16H25N3O/c1-12-9-15(16(20-2)10-18-12)19(14-6-7-14)11-13-5-3-4-8-17-13/h9-10,13-14,17H,3-8,11H2,1-2H3. The van der Waals surface area contributed by atoms with E-state index in [2.05, 4.69) is 21.3 Å². The van der Waals surface area contributed by atoms with Crippen molar-refractivity contribution in [3.05, 3.63) is 18.0 Å². The molecule has 1 unspecified atom stereocenters. The Morgan fingerprint density at radius 1 is 1.35 bits per heavy atom. The van der Waals surface area contributed by atoms with Gasteiger partial charge in [-0.25, -0.2) is 0 Å². The first-order chi connectivity index (χ1) is 9.78. The van der Waals surface area contributed by atoms with Gasteiger partial charge in [0.25, 0.3) is 0 Å². The molecule has 1 aliphatic heterocycles. The number of aryl methyl sites for hydroxylation is 1. The number of rotatable bonds is 5. The molecule has 0 radical (unpaired) electrons. The maximum Gasteiger partial charge on any atom is 0.160 e. The quantitative estimate of drug-likeness (QED) is 0.896. The first-order valence-corrected chi connectivity index (χ1v) is 7.78. The molecule has 4 nitrogen and oxygen atoms in total. The highest BCUT2D eigenvalue weighted by Gasteiger charge is 2.32. The van der Waals surface area contributed by atoms with Crippen LogP contribution in [0, 0.1) is 6.92 Å². The van der Waals surface area contributed by atoms with E-state index in [4.69, 9.17) is 4.74 Å². The van der Waals surface area contributed by atoms with Crippen molar-refractivity contribution >= 4 is 5.69 Å². The lowest BCUT2D eigenvalue weighted by Gasteiger charge is -2.33. The van der Waals surface area contributed by atoms with Gasteiger partial charge in [-0.1, -0.05) is 6.42 Å². The number of anilines is 1. The third-order valence-electron chi connectivity index (χ3n) is 4.33. The number of ether oxygens (including phenoxy) is 1. The van der Waals surface area contributed by atoms with Gasteiger partial charge in [-0.3, -0.25) is 4.98 Å². The summed E-state index contributed by atoms with van der Waals surface area (Å²) < 4.78 is 5.52. The SMILES string of the molecule is COc1cnc(C)cc1N(CC1CCCCN1)C1CC1. The summed E-state index contributed by atoms with van der Waals surface area (Å²) in [7, 11) is 1.74. The molecule has 0 amide bonds. The second-order valence-electron chi connectivity index (χ2n) is 6.03. The smallest absolute Gasteiger partial charge is 0.160 e. The Kier molecular flexibility index (Phi) is 4.10. The fraction of sp³-hybridized carbons (Fsp3) is 0.688. The third-order valence-corrected chi connectivity index (χ3v) is 4.33. The molecular weight excluding hydrogens is 250 g/mol. The highest BCUT2D eigenvalue weighted by molar-refractivity contribution is 5.59. The van der Waals surface area contributed by atoms with Gasteiger partial charge >= 0.3 is 0 Å². The fourth-order valence-corrected chi connectivity index (χ4v) is 3.06. The number of pyridine rings is 1. The van der Waals surface area contributed by atoms with E-state index >= 15 is 0 Å². The maximum atomic E-state index is 5.52. The van der Waals surface area contributed by atoms with E-state index in [1.165, 1.54) is 37.8 Å². The molecular formula is C16H25N3O. The number of piperidine rings is 1. The molecule has 0 bridgehead atoms. The average molecular weight is 275 g/mol. The zero-order valence-corrected chi connectivity index (χ0v) is 12.6. The van der Waals surface area contributed by atoms with Crippen LogP contribution in [-0.2, 0) is 0 Å². The van der Waals surface area contributed by atoms with Crippen LogP contribution in [0.5, 0.6) is 5.75 Å².